The molecule has 178 valence electrons. The van der Waals surface area contributed by atoms with Crippen LogP contribution in [0.4, 0.5) is 0 Å². The van der Waals surface area contributed by atoms with Crippen LogP contribution in [0.25, 0.3) is 0 Å². The van der Waals surface area contributed by atoms with Crippen LogP contribution in [0, 0.1) is 5.41 Å². The van der Waals surface area contributed by atoms with Crippen molar-refractivity contribution in [3.05, 3.63) is 47.5 Å². The first-order chi connectivity index (χ1) is 15.7. The second-order valence-corrected chi connectivity index (χ2v) is 10.6. The zero-order chi connectivity index (χ0) is 22.3. The fraction of sp³-hybridized carbons (Fsp3) is 0.724. The van der Waals surface area contributed by atoms with Crippen molar-refractivity contribution in [1.29, 1.82) is 0 Å². The van der Waals surface area contributed by atoms with Crippen molar-refractivity contribution < 1.29 is 14.2 Å². The van der Waals surface area contributed by atoms with E-state index in [-0.39, 0.29) is 12.4 Å². The molecular weight excluding hydrogens is 396 g/mol. The Morgan fingerprint density at radius 2 is 1.62 bits per heavy atom. The Bertz CT molecular complexity index is 690. The summed E-state index contributed by atoms with van der Waals surface area (Å²) in [6.45, 7) is 5.93. The van der Waals surface area contributed by atoms with Crippen molar-refractivity contribution in [3.63, 3.8) is 0 Å². The summed E-state index contributed by atoms with van der Waals surface area (Å²) >= 11 is 0. The van der Waals surface area contributed by atoms with Crippen LogP contribution in [0.5, 0.6) is 0 Å². The third kappa shape index (κ3) is 5.66. The van der Waals surface area contributed by atoms with Gasteiger partial charge in [0, 0.05) is 0 Å². The molecule has 0 spiro atoms. The number of benzene rings is 1. The lowest BCUT2D eigenvalue weighted by atomic mass is 9.51. The average molecular weight is 441 g/mol. The Hall–Kier alpha value is -1.16. The molecule has 3 nitrogen and oxygen atoms in total. The Morgan fingerprint density at radius 1 is 0.906 bits per heavy atom. The zero-order valence-corrected chi connectivity index (χ0v) is 20.5. The van der Waals surface area contributed by atoms with Gasteiger partial charge in [-0.3, -0.25) is 0 Å². The first-order valence-corrected chi connectivity index (χ1v) is 13.3. The molecular formula is C29H44O3. The van der Waals surface area contributed by atoms with Crippen LogP contribution in [-0.4, -0.2) is 26.1 Å². The van der Waals surface area contributed by atoms with Crippen molar-refractivity contribution in [2.75, 3.05) is 19.8 Å². The number of ether oxygens (including phenoxy) is 3. The van der Waals surface area contributed by atoms with Gasteiger partial charge in [0.15, 0.2) is 6.29 Å². The lowest BCUT2D eigenvalue weighted by Gasteiger charge is -2.54. The topological polar surface area (TPSA) is 27.7 Å². The van der Waals surface area contributed by atoms with Gasteiger partial charge in [-0.25, -0.2) is 0 Å². The molecule has 0 amide bonds. The van der Waals surface area contributed by atoms with Crippen molar-refractivity contribution >= 4 is 0 Å². The third-order valence-electron chi connectivity index (χ3n) is 8.59. The van der Waals surface area contributed by atoms with Crippen LogP contribution >= 0.6 is 0 Å². The van der Waals surface area contributed by atoms with E-state index in [0.717, 1.165) is 0 Å². The minimum Gasteiger partial charge on any atom is -0.366 e. The SMILES string of the molecule is C/C=C/COC1COC(c2ccc(C34CCC(CCCCCCC)(CC3)CC4)cc2)CO1. The number of hydrogen-bond acceptors (Lipinski definition) is 3. The summed E-state index contributed by atoms with van der Waals surface area (Å²) in [4.78, 5) is 0. The molecule has 3 heteroatoms. The molecule has 4 aliphatic rings. The summed E-state index contributed by atoms with van der Waals surface area (Å²) < 4.78 is 17.6. The van der Waals surface area contributed by atoms with Gasteiger partial charge >= 0.3 is 0 Å². The second kappa shape index (κ2) is 11.3. The van der Waals surface area contributed by atoms with E-state index in [2.05, 4.69) is 31.2 Å². The van der Waals surface area contributed by atoms with E-state index in [0.29, 0.717) is 30.7 Å². The van der Waals surface area contributed by atoms with Gasteiger partial charge in [0.05, 0.1) is 19.8 Å². The quantitative estimate of drug-likeness (QED) is 0.261. The molecule has 1 aliphatic heterocycles. The molecule has 32 heavy (non-hydrogen) atoms. The molecule has 1 saturated heterocycles. The summed E-state index contributed by atoms with van der Waals surface area (Å²) in [6.07, 6.45) is 20.8. The van der Waals surface area contributed by atoms with E-state index < -0.39 is 0 Å². The normalized spacial score (nSPS) is 32.6. The third-order valence-corrected chi connectivity index (χ3v) is 8.59. The highest BCUT2D eigenvalue weighted by Crippen LogP contribution is 2.59. The lowest BCUT2D eigenvalue weighted by molar-refractivity contribution is -0.232. The number of allylic oxidation sites excluding steroid dienone is 1. The molecule has 5 rings (SSSR count). The average Bonchev–Trinajstić information content (AvgIpc) is 2.86. The van der Waals surface area contributed by atoms with E-state index in [9.17, 15) is 0 Å². The monoisotopic (exact) mass is 440 g/mol. The maximum Gasteiger partial charge on any atom is 0.181 e. The van der Waals surface area contributed by atoms with Gasteiger partial charge in [-0.15, -0.1) is 0 Å². The smallest absolute Gasteiger partial charge is 0.181 e. The zero-order valence-electron chi connectivity index (χ0n) is 20.5. The Labute approximate surface area is 195 Å². The van der Waals surface area contributed by atoms with Crippen LogP contribution in [0.1, 0.15) is 108 Å². The van der Waals surface area contributed by atoms with Gasteiger partial charge in [0.25, 0.3) is 0 Å². The van der Waals surface area contributed by atoms with E-state index >= 15 is 0 Å². The minimum atomic E-state index is -0.253. The van der Waals surface area contributed by atoms with Crippen molar-refractivity contribution in [1.82, 2.24) is 0 Å². The van der Waals surface area contributed by atoms with Crippen LogP contribution < -0.4 is 0 Å². The van der Waals surface area contributed by atoms with Gasteiger partial charge in [-0.2, -0.15) is 0 Å². The van der Waals surface area contributed by atoms with Crippen LogP contribution in [0.2, 0.25) is 0 Å². The number of hydrogen-bond donors (Lipinski definition) is 0. The molecule has 2 bridgehead atoms. The van der Waals surface area contributed by atoms with Crippen LogP contribution in [0.15, 0.2) is 36.4 Å². The molecule has 2 atom stereocenters. The van der Waals surface area contributed by atoms with E-state index in [1.54, 1.807) is 5.56 Å². The highest BCUT2D eigenvalue weighted by atomic mass is 16.7. The molecule has 1 aromatic carbocycles. The van der Waals surface area contributed by atoms with E-state index in [1.165, 1.54) is 82.6 Å². The fourth-order valence-electron chi connectivity index (χ4n) is 6.26. The van der Waals surface area contributed by atoms with Gasteiger partial charge in [-0.1, -0.05) is 75.4 Å². The van der Waals surface area contributed by atoms with Gasteiger partial charge in [0.2, 0.25) is 0 Å². The summed E-state index contributed by atoms with van der Waals surface area (Å²) in [7, 11) is 0. The van der Waals surface area contributed by atoms with Crippen LogP contribution in [-0.2, 0) is 19.6 Å². The van der Waals surface area contributed by atoms with Crippen LogP contribution in [0.3, 0.4) is 0 Å². The summed E-state index contributed by atoms with van der Waals surface area (Å²) in [6, 6.07) is 9.33. The summed E-state index contributed by atoms with van der Waals surface area (Å²) in [5.41, 5.74) is 3.89. The van der Waals surface area contributed by atoms with Gasteiger partial charge in [-0.05, 0) is 73.8 Å². The van der Waals surface area contributed by atoms with E-state index in [1.807, 2.05) is 19.1 Å². The predicted octanol–water partition coefficient (Wildman–Crippen LogP) is 7.65. The van der Waals surface area contributed by atoms with E-state index in [4.69, 9.17) is 14.2 Å². The number of fused-ring (bicyclic) bond motifs is 3. The molecule has 3 aliphatic carbocycles. The maximum absolute atomic E-state index is 6.05. The molecule has 3 saturated carbocycles. The molecule has 0 aromatic heterocycles. The fourth-order valence-corrected chi connectivity index (χ4v) is 6.26. The first-order valence-electron chi connectivity index (χ1n) is 13.3. The van der Waals surface area contributed by atoms with Crippen molar-refractivity contribution in [2.45, 2.75) is 109 Å². The summed E-state index contributed by atoms with van der Waals surface area (Å²) in [5, 5.41) is 0. The van der Waals surface area contributed by atoms with Gasteiger partial charge < -0.3 is 14.2 Å². The van der Waals surface area contributed by atoms with Gasteiger partial charge in [0.1, 0.15) is 6.10 Å². The molecule has 1 heterocycles. The number of unbranched alkanes of at least 4 members (excludes halogenated alkanes) is 4. The summed E-state index contributed by atoms with van der Waals surface area (Å²) in [5.74, 6) is 0. The number of rotatable bonds is 11. The van der Waals surface area contributed by atoms with Crippen molar-refractivity contribution in [2.24, 2.45) is 5.41 Å². The molecule has 2 unspecified atom stereocenters. The predicted molar refractivity (Wildman–Crippen MR) is 131 cm³/mol. The minimum absolute atomic E-state index is 0.0150. The standard InChI is InChI=1S/C29H44O3/c1-3-5-7-8-9-14-28-15-18-29(19-16-28,20-17-28)25-12-10-24(11-13-25)26-22-32-27(23-31-26)30-21-6-4-2/h4,6,10-13,26-27H,3,5,7-9,14-23H2,1-2H3/b6-4+. The molecule has 0 radical (unpaired) electrons. The highest BCUT2D eigenvalue weighted by molar-refractivity contribution is 5.32. The Morgan fingerprint density at radius 3 is 2.25 bits per heavy atom. The highest BCUT2D eigenvalue weighted by Gasteiger charge is 2.48. The molecule has 1 aromatic rings. The molecule has 0 N–H and O–H groups in total. The molecule has 4 fully saturated rings. The van der Waals surface area contributed by atoms with Crippen molar-refractivity contribution in [3.8, 4) is 0 Å². The lowest BCUT2D eigenvalue weighted by Crippen LogP contribution is -2.44. The first kappa shape index (κ1) is 24.0. The largest absolute Gasteiger partial charge is 0.366 e. The second-order valence-electron chi connectivity index (χ2n) is 10.6. The maximum atomic E-state index is 6.05. The Kier molecular flexibility index (Phi) is 8.48. The Balaban J connectivity index is 1.26.